The fourth-order valence-corrected chi connectivity index (χ4v) is 3.31. The minimum Gasteiger partial charge on any atom is -0.481 e. The van der Waals surface area contributed by atoms with Gasteiger partial charge in [0.2, 0.25) is 0 Å². The van der Waals surface area contributed by atoms with Crippen LogP contribution in [0.2, 0.25) is 0 Å². The molecule has 0 radical (unpaired) electrons. The summed E-state index contributed by atoms with van der Waals surface area (Å²) in [7, 11) is 4.13. The van der Waals surface area contributed by atoms with Gasteiger partial charge in [-0.1, -0.05) is 12.8 Å². The van der Waals surface area contributed by atoms with Gasteiger partial charge in [0.05, 0.1) is 5.92 Å². The second-order valence-corrected chi connectivity index (χ2v) is 6.25. The summed E-state index contributed by atoms with van der Waals surface area (Å²) in [5, 5.41) is 12.0. The Labute approximate surface area is 120 Å². The van der Waals surface area contributed by atoms with E-state index >= 15 is 0 Å². The molecule has 2 aliphatic rings. The number of aliphatic carboxylic acids is 1. The molecule has 0 bridgehead atoms. The van der Waals surface area contributed by atoms with Gasteiger partial charge in [-0.05, 0) is 33.4 Å². The summed E-state index contributed by atoms with van der Waals surface area (Å²) in [4.78, 5) is 26.9. The number of carbonyl (C=O) groups excluding carboxylic acids is 1. The molecule has 6 nitrogen and oxygen atoms in total. The number of carbonyl (C=O) groups is 2. The predicted octanol–water partition coefficient (Wildman–Crippen LogP) is 0.977. The molecule has 1 saturated carbocycles. The maximum atomic E-state index is 12.1. The fourth-order valence-electron chi connectivity index (χ4n) is 3.31. The highest BCUT2D eigenvalue weighted by molar-refractivity contribution is 5.77. The van der Waals surface area contributed by atoms with Crippen LogP contribution in [0.25, 0.3) is 0 Å². The predicted molar refractivity (Wildman–Crippen MR) is 75.6 cm³/mol. The second-order valence-electron chi connectivity index (χ2n) is 6.25. The Morgan fingerprint density at radius 3 is 2.50 bits per heavy atom. The topological polar surface area (TPSA) is 72.9 Å². The highest BCUT2D eigenvalue weighted by Crippen LogP contribution is 2.33. The van der Waals surface area contributed by atoms with Gasteiger partial charge in [0, 0.05) is 25.2 Å². The molecule has 1 saturated heterocycles. The number of urea groups is 1. The van der Waals surface area contributed by atoms with E-state index in [0.29, 0.717) is 26.1 Å². The van der Waals surface area contributed by atoms with Gasteiger partial charge in [-0.2, -0.15) is 0 Å². The summed E-state index contributed by atoms with van der Waals surface area (Å²) >= 11 is 0. The molecule has 20 heavy (non-hydrogen) atoms. The average Bonchev–Trinajstić information content (AvgIpc) is 3.06. The Kier molecular flexibility index (Phi) is 4.52. The number of hydrogen-bond donors (Lipinski definition) is 2. The third-order valence-electron chi connectivity index (χ3n) is 4.88. The van der Waals surface area contributed by atoms with Crippen molar-refractivity contribution in [3.05, 3.63) is 0 Å². The summed E-state index contributed by atoms with van der Waals surface area (Å²) in [6.45, 7) is 1.51. The van der Waals surface area contributed by atoms with Crippen molar-refractivity contribution in [2.45, 2.75) is 37.6 Å². The number of rotatable bonds is 4. The molecule has 0 aromatic rings. The van der Waals surface area contributed by atoms with Crippen LogP contribution in [0.1, 0.15) is 32.1 Å². The van der Waals surface area contributed by atoms with Gasteiger partial charge < -0.3 is 20.2 Å². The van der Waals surface area contributed by atoms with Crippen LogP contribution in [0, 0.1) is 5.92 Å². The number of carboxylic acids is 1. The Morgan fingerprint density at radius 2 is 2.00 bits per heavy atom. The van der Waals surface area contributed by atoms with E-state index in [0.717, 1.165) is 12.8 Å². The molecular weight excluding hydrogens is 258 g/mol. The lowest BCUT2D eigenvalue weighted by Crippen LogP contribution is -2.53. The molecule has 1 aliphatic carbocycles. The average molecular weight is 283 g/mol. The summed E-state index contributed by atoms with van der Waals surface area (Å²) in [6.07, 6.45) is 5.19. The number of likely N-dealkylation sites (N-methyl/N-ethyl adjacent to an activating group) is 1. The quantitative estimate of drug-likeness (QED) is 0.806. The highest BCUT2D eigenvalue weighted by atomic mass is 16.4. The standard InChI is InChI=1S/C14H25N3O3/c1-16(2)14(6-3-4-7-14)10-15-13(20)17-8-5-11(9-17)12(18)19/h11H,3-10H2,1-2H3,(H,15,20)(H,18,19). The molecule has 1 heterocycles. The molecule has 0 spiro atoms. The normalized spacial score (nSPS) is 25.1. The Balaban J connectivity index is 1.85. The van der Waals surface area contributed by atoms with Gasteiger partial charge in [-0.3, -0.25) is 4.79 Å². The molecule has 1 aliphatic heterocycles. The zero-order valence-corrected chi connectivity index (χ0v) is 12.4. The number of hydrogen-bond acceptors (Lipinski definition) is 3. The van der Waals surface area contributed by atoms with Crippen molar-refractivity contribution in [3.63, 3.8) is 0 Å². The molecular formula is C14H25N3O3. The third kappa shape index (κ3) is 3.06. The zero-order chi connectivity index (χ0) is 14.8. The lowest BCUT2D eigenvalue weighted by molar-refractivity contribution is -0.141. The van der Waals surface area contributed by atoms with Crippen molar-refractivity contribution in [1.82, 2.24) is 15.1 Å². The van der Waals surface area contributed by atoms with Gasteiger partial charge in [0.15, 0.2) is 0 Å². The van der Waals surface area contributed by atoms with E-state index in [-0.39, 0.29) is 11.6 Å². The van der Waals surface area contributed by atoms with Crippen molar-refractivity contribution >= 4 is 12.0 Å². The second kappa shape index (κ2) is 5.99. The number of carboxylic acid groups (broad SMARTS) is 1. The van der Waals surface area contributed by atoms with Gasteiger partial charge in [-0.15, -0.1) is 0 Å². The van der Waals surface area contributed by atoms with Crippen molar-refractivity contribution in [1.29, 1.82) is 0 Å². The van der Waals surface area contributed by atoms with Crippen LogP contribution in [0.4, 0.5) is 4.79 Å². The van der Waals surface area contributed by atoms with Crippen molar-refractivity contribution in [3.8, 4) is 0 Å². The van der Waals surface area contributed by atoms with E-state index in [2.05, 4.69) is 24.3 Å². The number of nitrogens with zero attached hydrogens (tertiary/aromatic N) is 2. The summed E-state index contributed by atoms with van der Waals surface area (Å²) in [5.74, 6) is -1.21. The maximum Gasteiger partial charge on any atom is 0.317 e. The molecule has 2 N–H and O–H groups in total. The molecule has 0 aromatic heterocycles. The van der Waals surface area contributed by atoms with E-state index in [1.807, 2.05) is 0 Å². The lowest BCUT2D eigenvalue weighted by atomic mass is 9.96. The SMILES string of the molecule is CN(C)C1(CNC(=O)N2CCC(C(=O)O)C2)CCCC1. The van der Waals surface area contributed by atoms with E-state index in [9.17, 15) is 9.59 Å². The Morgan fingerprint density at radius 1 is 1.35 bits per heavy atom. The molecule has 2 amide bonds. The van der Waals surface area contributed by atoms with Gasteiger partial charge in [0.25, 0.3) is 0 Å². The van der Waals surface area contributed by atoms with E-state index in [1.54, 1.807) is 4.90 Å². The monoisotopic (exact) mass is 283 g/mol. The Bertz CT molecular complexity index is 378. The summed E-state index contributed by atoms with van der Waals surface area (Å²) < 4.78 is 0. The van der Waals surface area contributed by atoms with Crippen LogP contribution in [0.15, 0.2) is 0 Å². The van der Waals surface area contributed by atoms with Crippen LogP contribution in [0.5, 0.6) is 0 Å². The molecule has 2 rings (SSSR count). The van der Waals surface area contributed by atoms with Gasteiger partial charge in [0.1, 0.15) is 0 Å². The first-order valence-electron chi connectivity index (χ1n) is 7.38. The molecule has 0 aromatic carbocycles. The van der Waals surface area contributed by atoms with Crippen LogP contribution in [0.3, 0.4) is 0 Å². The lowest BCUT2D eigenvalue weighted by Gasteiger charge is -2.37. The van der Waals surface area contributed by atoms with Crippen molar-refractivity contribution < 1.29 is 14.7 Å². The molecule has 6 heteroatoms. The van der Waals surface area contributed by atoms with Gasteiger partial charge in [-0.25, -0.2) is 4.79 Å². The van der Waals surface area contributed by atoms with E-state index in [1.165, 1.54) is 12.8 Å². The molecule has 1 atom stereocenters. The molecule has 2 fully saturated rings. The van der Waals surface area contributed by atoms with E-state index < -0.39 is 11.9 Å². The Hall–Kier alpha value is -1.30. The van der Waals surface area contributed by atoms with Crippen LogP contribution in [-0.2, 0) is 4.79 Å². The third-order valence-corrected chi connectivity index (χ3v) is 4.88. The molecule has 114 valence electrons. The minimum atomic E-state index is -0.805. The van der Waals surface area contributed by atoms with Crippen LogP contribution >= 0.6 is 0 Å². The maximum absolute atomic E-state index is 12.1. The van der Waals surface area contributed by atoms with Gasteiger partial charge >= 0.3 is 12.0 Å². The molecule has 1 unspecified atom stereocenters. The van der Waals surface area contributed by atoms with E-state index in [4.69, 9.17) is 5.11 Å². The van der Waals surface area contributed by atoms with Crippen LogP contribution < -0.4 is 5.32 Å². The number of amides is 2. The first-order valence-corrected chi connectivity index (χ1v) is 7.38. The largest absolute Gasteiger partial charge is 0.481 e. The highest BCUT2D eigenvalue weighted by Gasteiger charge is 2.37. The number of likely N-dealkylation sites (tertiary alicyclic amines) is 1. The number of nitrogens with one attached hydrogen (secondary N) is 1. The van der Waals surface area contributed by atoms with Crippen molar-refractivity contribution in [2.24, 2.45) is 5.92 Å². The summed E-state index contributed by atoms with van der Waals surface area (Å²) in [5.41, 5.74) is 0.0710. The fraction of sp³-hybridized carbons (Fsp3) is 0.857. The zero-order valence-electron chi connectivity index (χ0n) is 12.4. The summed E-state index contributed by atoms with van der Waals surface area (Å²) in [6, 6.07) is -0.123. The van der Waals surface area contributed by atoms with Crippen LogP contribution in [-0.4, -0.2) is 66.2 Å². The minimum absolute atomic E-state index is 0.0710. The van der Waals surface area contributed by atoms with Crippen molar-refractivity contribution in [2.75, 3.05) is 33.7 Å². The first-order chi connectivity index (χ1) is 9.44. The first kappa shape index (κ1) is 15.1. The smallest absolute Gasteiger partial charge is 0.317 e.